The molecule has 0 atom stereocenters. The van der Waals surface area contributed by atoms with Crippen LogP contribution < -0.4 is 10.6 Å². The minimum Gasteiger partial charge on any atom is -0.384 e. The highest BCUT2D eigenvalue weighted by atomic mass is 79.9. The summed E-state index contributed by atoms with van der Waals surface area (Å²) in [5.74, 6) is -0.0805. The van der Waals surface area contributed by atoms with Crippen molar-refractivity contribution in [2.24, 2.45) is 0 Å². The van der Waals surface area contributed by atoms with Crippen molar-refractivity contribution in [2.45, 2.75) is 31.5 Å². The Morgan fingerprint density at radius 2 is 2.05 bits per heavy atom. The summed E-state index contributed by atoms with van der Waals surface area (Å²) in [4.78, 5) is 11.5. The minimum absolute atomic E-state index is 0.0805. The van der Waals surface area contributed by atoms with Gasteiger partial charge in [-0.25, -0.2) is 0 Å². The van der Waals surface area contributed by atoms with Crippen molar-refractivity contribution in [3.05, 3.63) is 28.2 Å². The maximum absolute atomic E-state index is 12.6. The first kappa shape index (κ1) is 15.2. The number of hydrogen-bond donors (Lipinski definition) is 2. The molecule has 0 aromatic heterocycles. The van der Waals surface area contributed by atoms with Gasteiger partial charge in [0.2, 0.25) is 5.91 Å². The molecule has 1 aliphatic carbocycles. The Balaban J connectivity index is 1.89. The van der Waals surface area contributed by atoms with Crippen LogP contribution in [-0.4, -0.2) is 18.5 Å². The molecule has 1 aliphatic rings. The smallest absolute Gasteiger partial charge is 0.384 e. The zero-order valence-electron chi connectivity index (χ0n) is 10.6. The Bertz CT molecular complexity index is 501. The monoisotopic (exact) mass is 350 g/mol. The predicted molar refractivity (Wildman–Crippen MR) is 73.4 cm³/mol. The molecule has 0 radical (unpaired) electrons. The highest BCUT2D eigenvalue weighted by Gasteiger charge is 2.30. The van der Waals surface area contributed by atoms with Crippen molar-refractivity contribution in [2.75, 3.05) is 11.9 Å². The average Bonchev–Trinajstić information content (AvgIpc) is 3.14. The van der Waals surface area contributed by atoms with E-state index in [1.165, 1.54) is 6.07 Å². The molecule has 20 heavy (non-hydrogen) atoms. The van der Waals surface area contributed by atoms with Crippen molar-refractivity contribution >= 4 is 27.5 Å². The summed E-state index contributed by atoms with van der Waals surface area (Å²) in [6, 6.07) is 3.68. The van der Waals surface area contributed by atoms with Crippen molar-refractivity contribution in [3.8, 4) is 0 Å². The number of carbonyl (C=O) groups is 1. The van der Waals surface area contributed by atoms with E-state index >= 15 is 0 Å². The molecule has 1 fully saturated rings. The van der Waals surface area contributed by atoms with Gasteiger partial charge in [0.15, 0.2) is 0 Å². The summed E-state index contributed by atoms with van der Waals surface area (Å²) >= 11 is 3.18. The van der Waals surface area contributed by atoms with Crippen molar-refractivity contribution in [3.63, 3.8) is 0 Å². The highest BCUT2D eigenvalue weighted by Crippen LogP contribution is 2.33. The van der Waals surface area contributed by atoms with E-state index < -0.39 is 11.7 Å². The molecular formula is C13H14BrF3N2O. The van der Waals surface area contributed by atoms with Crippen LogP contribution in [0.3, 0.4) is 0 Å². The van der Waals surface area contributed by atoms with Crippen LogP contribution in [0.2, 0.25) is 0 Å². The summed E-state index contributed by atoms with van der Waals surface area (Å²) in [7, 11) is 0. The van der Waals surface area contributed by atoms with Crippen LogP contribution in [0.5, 0.6) is 0 Å². The second kappa shape index (κ2) is 6.03. The van der Waals surface area contributed by atoms with E-state index in [1.54, 1.807) is 0 Å². The van der Waals surface area contributed by atoms with Crippen molar-refractivity contribution in [1.29, 1.82) is 0 Å². The molecule has 3 nitrogen and oxygen atoms in total. The summed E-state index contributed by atoms with van der Waals surface area (Å²) in [6.45, 7) is 0.290. The van der Waals surface area contributed by atoms with Gasteiger partial charge >= 0.3 is 6.18 Å². The van der Waals surface area contributed by atoms with Gasteiger partial charge in [0.1, 0.15) is 0 Å². The maximum Gasteiger partial charge on any atom is 0.416 e. The lowest BCUT2D eigenvalue weighted by atomic mass is 10.2. The van der Waals surface area contributed by atoms with Crippen LogP contribution >= 0.6 is 15.9 Å². The first-order valence-corrected chi connectivity index (χ1v) is 7.05. The third-order valence-electron chi connectivity index (χ3n) is 2.90. The molecule has 0 aliphatic heterocycles. The molecule has 0 spiro atoms. The largest absolute Gasteiger partial charge is 0.416 e. The van der Waals surface area contributed by atoms with Gasteiger partial charge in [0.25, 0.3) is 0 Å². The number of benzene rings is 1. The van der Waals surface area contributed by atoms with E-state index in [1.807, 2.05) is 0 Å². The predicted octanol–water partition coefficient (Wildman–Crippen LogP) is 3.55. The third kappa shape index (κ3) is 4.40. The number of amides is 1. The SMILES string of the molecule is O=C(CCNc1cc(C(F)(F)F)ccc1Br)NC1CC1. The second-order valence-electron chi connectivity index (χ2n) is 4.71. The molecule has 2 N–H and O–H groups in total. The van der Waals surface area contributed by atoms with E-state index in [0.717, 1.165) is 25.0 Å². The number of anilines is 1. The van der Waals surface area contributed by atoms with E-state index in [0.29, 0.717) is 22.7 Å². The third-order valence-corrected chi connectivity index (χ3v) is 3.60. The van der Waals surface area contributed by atoms with E-state index in [2.05, 4.69) is 26.6 Å². The van der Waals surface area contributed by atoms with Crippen LogP contribution in [0.1, 0.15) is 24.8 Å². The molecule has 0 heterocycles. The Kier molecular flexibility index (Phi) is 4.57. The Morgan fingerprint density at radius 3 is 2.65 bits per heavy atom. The summed E-state index contributed by atoms with van der Waals surface area (Å²) in [5.41, 5.74) is -0.385. The number of alkyl halides is 3. The molecule has 110 valence electrons. The molecule has 0 unspecified atom stereocenters. The Hall–Kier alpha value is -1.24. The molecule has 7 heteroatoms. The van der Waals surface area contributed by atoms with Crippen LogP contribution in [0, 0.1) is 0 Å². The number of halogens is 4. The summed E-state index contributed by atoms with van der Waals surface area (Å²) < 4.78 is 38.3. The van der Waals surface area contributed by atoms with E-state index in [4.69, 9.17) is 0 Å². The zero-order valence-corrected chi connectivity index (χ0v) is 12.1. The standard InChI is InChI=1S/C13H14BrF3N2O/c14-10-4-1-8(13(15,16)17)7-11(10)18-6-5-12(20)19-9-2-3-9/h1,4,7,9,18H,2-3,5-6H2,(H,19,20). The van der Waals surface area contributed by atoms with Gasteiger partial charge in [0.05, 0.1) is 5.56 Å². The molecule has 0 saturated heterocycles. The molecule has 0 bridgehead atoms. The first-order chi connectivity index (χ1) is 9.36. The van der Waals surface area contributed by atoms with E-state index in [-0.39, 0.29) is 12.3 Å². The van der Waals surface area contributed by atoms with Gasteiger partial charge in [0, 0.05) is 29.2 Å². The maximum atomic E-state index is 12.6. The molecule has 1 amide bonds. The van der Waals surface area contributed by atoms with Gasteiger partial charge in [-0.2, -0.15) is 13.2 Å². The Morgan fingerprint density at radius 1 is 1.35 bits per heavy atom. The van der Waals surface area contributed by atoms with Crippen LogP contribution in [0.4, 0.5) is 18.9 Å². The Labute approximate surface area is 123 Å². The fraction of sp³-hybridized carbons (Fsp3) is 0.462. The van der Waals surface area contributed by atoms with E-state index in [9.17, 15) is 18.0 Å². The van der Waals surface area contributed by atoms with Gasteiger partial charge in [-0.15, -0.1) is 0 Å². The highest BCUT2D eigenvalue weighted by molar-refractivity contribution is 9.10. The van der Waals surface area contributed by atoms with Gasteiger partial charge in [-0.3, -0.25) is 4.79 Å². The lowest BCUT2D eigenvalue weighted by molar-refractivity contribution is -0.137. The van der Waals surface area contributed by atoms with Crippen molar-refractivity contribution in [1.82, 2.24) is 5.32 Å². The number of rotatable bonds is 5. The van der Waals surface area contributed by atoms with Gasteiger partial charge < -0.3 is 10.6 Å². The van der Waals surface area contributed by atoms with Gasteiger partial charge in [-0.1, -0.05) is 0 Å². The fourth-order valence-corrected chi connectivity index (χ4v) is 2.06. The zero-order chi connectivity index (χ0) is 14.8. The normalized spacial score (nSPS) is 15.0. The molecule has 1 saturated carbocycles. The molecule has 1 aromatic rings. The number of hydrogen-bond acceptors (Lipinski definition) is 2. The summed E-state index contributed by atoms with van der Waals surface area (Å²) in [5, 5.41) is 5.66. The summed E-state index contributed by atoms with van der Waals surface area (Å²) in [6.07, 6.45) is -2.11. The van der Waals surface area contributed by atoms with Crippen LogP contribution in [-0.2, 0) is 11.0 Å². The van der Waals surface area contributed by atoms with Crippen LogP contribution in [0.25, 0.3) is 0 Å². The fourth-order valence-electron chi connectivity index (χ4n) is 1.68. The first-order valence-electron chi connectivity index (χ1n) is 6.26. The number of carbonyl (C=O) groups excluding carboxylic acids is 1. The lowest BCUT2D eigenvalue weighted by Crippen LogP contribution is -2.27. The number of nitrogens with one attached hydrogen (secondary N) is 2. The minimum atomic E-state index is -4.37. The quantitative estimate of drug-likeness (QED) is 0.852. The topological polar surface area (TPSA) is 41.1 Å². The average molecular weight is 351 g/mol. The lowest BCUT2D eigenvalue weighted by Gasteiger charge is -2.12. The molecular weight excluding hydrogens is 337 g/mol. The second-order valence-corrected chi connectivity index (χ2v) is 5.57. The molecule has 2 rings (SSSR count). The van der Waals surface area contributed by atoms with Crippen LogP contribution in [0.15, 0.2) is 22.7 Å². The van der Waals surface area contributed by atoms with Crippen molar-refractivity contribution < 1.29 is 18.0 Å². The van der Waals surface area contributed by atoms with Gasteiger partial charge in [-0.05, 0) is 47.0 Å². The molecule has 1 aromatic carbocycles.